The van der Waals surface area contributed by atoms with Gasteiger partial charge in [-0.05, 0) is 42.3 Å². The van der Waals surface area contributed by atoms with Gasteiger partial charge in [0.2, 0.25) is 0 Å². The van der Waals surface area contributed by atoms with Crippen molar-refractivity contribution in [3.05, 3.63) is 68.7 Å². The van der Waals surface area contributed by atoms with Gasteiger partial charge in [0.15, 0.2) is 0 Å². The molecule has 1 atom stereocenters. The molecule has 182 valence electrons. The number of benzene rings is 2. The molecule has 1 fully saturated rings. The maximum Gasteiger partial charge on any atom is 0.435 e. The number of aryl methyl sites for hydroxylation is 1. The summed E-state index contributed by atoms with van der Waals surface area (Å²) in [6.07, 6.45) is -5.60. The molecule has 4 rings (SSSR count). The van der Waals surface area contributed by atoms with Gasteiger partial charge >= 0.3 is 12.1 Å². The zero-order valence-electron chi connectivity index (χ0n) is 17.5. The summed E-state index contributed by atoms with van der Waals surface area (Å²) >= 11 is 13.3. The molecule has 2 aliphatic rings. The number of oxime groups is 1. The van der Waals surface area contributed by atoms with Crippen molar-refractivity contribution in [1.29, 1.82) is 0 Å². The molecule has 1 unspecified atom stereocenters. The third-order valence-electron chi connectivity index (χ3n) is 5.67. The Balaban J connectivity index is 1.62. The van der Waals surface area contributed by atoms with Gasteiger partial charge in [-0.3, -0.25) is 4.79 Å². The summed E-state index contributed by atoms with van der Waals surface area (Å²) in [5, 5.41) is 5.92. The third-order valence-corrected chi connectivity index (χ3v) is 7.38. The fourth-order valence-electron chi connectivity index (χ4n) is 3.76. The maximum absolute atomic E-state index is 14.8. The lowest BCUT2D eigenvalue weighted by molar-refractivity contribution is -0.275. The third kappa shape index (κ3) is 4.47. The molecule has 12 heteroatoms. The summed E-state index contributed by atoms with van der Waals surface area (Å²) in [5.41, 5.74) is -3.62. The summed E-state index contributed by atoms with van der Waals surface area (Å²) in [5.74, 6) is -4.08. The minimum atomic E-state index is -4.88. The van der Waals surface area contributed by atoms with Crippen LogP contribution in [0.15, 0.2) is 41.6 Å². The first-order valence-electron chi connectivity index (χ1n) is 10.00. The first-order valence-corrected chi connectivity index (χ1v) is 11.9. The van der Waals surface area contributed by atoms with Gasteiger partial charge in [0, 0.05) is 45.1 Å². The topological polar surface area (TPSA) is 50.7 Å². The number of amides is 1. The standard InChI is InChI=1S/C22H17Cl2F5N2O2S/c1-11-4-12(2-3-17(11)21(25,26)19(32)30-16-9-34-10-16)18-8-20(33-31-18,22(27,28)29)13-5-14(23)7-15(24)6-13/h2-7,16H,8-10H2,1H3,(H,30,32). The number of hydrogen-bond donors (Lipinski definition) is 1. The van der Waals surface area contributed by atoms with E-state index in [4.69, 9.17) is 28.0 Å². The molecule has 1 amide bonds. The van der Waals surface area contributed by atoms with Crippen molar-refractivity contribution in [2.75, 3.05) is 11.5 Å². The Hall–Kier alpha value is -2.04. The van der Waals surface area contributed by atoms with Crippen LogP contribution in [-0.2, 0) is 21.2 Å². The monoisotopic (exact) mass is 538 g/mol. The molecule has 2 aliphatic heterocycles. The Morgan fingerprint density at radius 2 is 1.76 bits per heavy atom. The minimum Gasteiger partial charge on any atom is -0.374 e. The fraction of sp³-hybridized carbons (Fsp3) is 0.364. The lowest BCUT2D eigenvalue weighted by Crippen LogP contribution is -2.49. The van der Waals surface area contributed by atoms with E-state index < -0.39 is 35.6 Å². The van der Waals surface area contributed by atoms with E-state index in [1.165, 1.54) is 36.9 Å². The highest BCUT2D eigenvalue weighted by Gasteiger charge is 2.62. The molecule has 0 aliphatic carbocycles. The number of nitrogens with zero attached hydrogens (tertiary/aromatic N) is 1. The lowest BCUT2D eigenvalue weighted by atomic mass is 9.86. The number of hydrogen-bond acceptors (Lipinski definition) is 4. The summed E-state index contributed by atoms with van der Waals surface area (Å²) in [6.45, 7) is 1.35. The molecule has 1 N–H and O–H groups in total. The van der Waals surface area contributed by atoms with Gasteiger partial charge in [-0.25, -0.2) is 0 Å². The predicted octanol–water partition coefficient (Wildman–Crippen LogP) is 6.21. The summed E-state index contributed by atoms with van der Waals surface area (Å²) in [7, 11) is 0. The quantitative estimate of drug-likeness (QED) is 0.460. The first kappa shape index (κ1) is 25.1. The van der Waals surface area contributed by atoms with Crippen LogP contribution in [0.1, 0.15) is 28.7 Å². The number of thioether (sulfide) groups is 1. The molecular weight excluding hydrogens is 522 g/mol. The second-order valence-electron chi connectivity index (χ2n) is 8.10. The first-order chi connectivity index (χ1) is 15.8. The van der Waals surface area contributed by atoms with Gasteiger partial charge in [0.1, 0.15) is 0 Å². The Morgan fingerprint density at radius 3 is 2.29 bits per heavy atom. The highest BCUT2D eigenvalue weighted by molar-refractivity contribution is 8.00. The van der Waals surface area contributed by atoms with Gasteiger partial charge in [-0.15, -0.1) is 0 Å². The van der Waals surface area contributed by atoms with Crippen LogP contribution in [0.4, 0.5) is 22.0 Å². The molecule has 2 aromatic carbocycles. The number of carbonyl (C=O) groups is 1. The highest BCUT2D eigenvalue weighted by Crippen LogP contribution is 2.50. The van der Waals surface area contributed by atoms with Crippen LogP contribution in [0.2, 0.25) is 10.0 Å². The van der Waals surface area contributed by atoms with E-state index in [9.17, 15) is 26.7 Å². The van der Waals surface area contributed by atoms with Crippen molar-refractivity contribution in [2.24, 2.45) is 5.16 Å². The van der Waals surface area contributed by atoms with E-state index in [2.05, 4.69) is 10.5 Å². The molecule has 0 bridgehead atoms. The average molecular weight is 539 g/mol. The van der Waals surface area contributed by atoms with Gasteiger partial charge in [0.05, 0.1) is 5.71 Å². The van der Waals surface area contributed by atoms with Crippen molar-refractivity contribution < 1.29 is 31.6 Å². The highest BCUT2D eigenvalue weighted by atomic mass is 35.5. The van der Waals surface area contributed by atoms with E-state index in [0.29, 0.717) is 11.5 Å². The molecule has 2 heterocycles. The van der Waals surface area contributed by atoms with Crippen molar-refractivity contribution in [3.8, 4) is 0 Å². The number of carbonyl (C=O) groups excluding carboxylic acids is 1. The van der Waals surface area contributed by atoms with Gasteiger partial charge < -0.3 is 10.2 Å². The van der Waals surface area contributed by atoms with Crippen molar-refractivity contribution in [3.63, 3.8) is 0 Å². The number of rotatable bonds is 5. The van der Waals surface area contributed by atoms with E-state index in [-0.39, 0.29) is 38.5 Å². The van der Waals surface area contributed by atoms with Crippen LogP contribution in [-0.4, -0.2) is 35.3 Å². The zero-order chi connectivity index (χ0) is 24.9. The molecule has 0 aromatic heterocycles. The average Bonchev–Trinajstić information content (AvgIpc) is 3.16. The fourth-order valence-corrected chi connectivity index (χ4v) is 4.92. The van der Waals surface area contributed by atoms with E-state index in [0.717, 1.165) is 18.2 Å². The van der Waals surface area contributed by atoms with E-state index in [1.807, 2.05) is 0 Å². The second-order valence-corrected chi connectivity index (χ2v) is 10.0. The van der Waals surface area contributed by atoms with Crippen LogP contribution in [0.25, 0.3) is 0 Å². The van der Waals surface area contributed by atoms with E-state index >= 15 is 0 Å². The molecule has 0 saturated carbocycles. The predicted molar refractivity (Wildman–Crippen MR) is 121 cm³/mol. The molecule has 0 spiro atoms. The zero-order valence-corrected chi connectivity index (χ0v) is 19.8. The summed E-state index contributed by atoms with van der Waals surface area (Å²) in [4.78, 5) is 17.0. The number of halogens is 7. The van der Waals surface area contributed by atoms with E-state index in [1.54, 1.807) is 0 Å². The van der Waals surface area contributed by atoms with Crippen LogP contribution in [0.5, 0.6) is 0 Å². The van der Waals surface area contributed by atoms with Crippen LogP contribution < -0.4 is 5.32 Å². The largest absolute Gasteiger partial charge is 0.435 e. The van der Waals surface area contributed by atoms with Gasteiger partial charge in [-0.1, -0.05) is 40.5 Å². The summed E-state index contributed by atoms with van der Waals surface area (Å²) in [6, 6.07) is 6.64. The van der Waals surface area contributed by atoms with Crippen LogP contribution in [0, 0.1) is 6.92 Å². The second kappa shape index (κ2) is 8.87. The normalized spacial score (nSPS) is 21.0. The maximum atomic E-state index is 14.8. The van der Waals surface area contributed by atoms with Crippen molar-refractivity contribution in [1.82, 2.24) is 5.32 Å². The Labute approximate surface area is 205 Å². The number of nitrogens with one attached hydrogen (secondary N) is 1. The summed E-state index contributed by atoms with van der Waals surface area (Å²) < 4.78 is 72.0. The lowest BCUT2D eigenvalue weighted by Gasteiger charge is -2.29. The SMILES string of the molecule is Cc1cc(C2=NOC(c3cc(Cl)cc(Cl)c3)(C(F)(F)F)C2)ccc1C(F)(F)C(=O)NC1CSC1. The molecule has 4 nitrogen and oxygen atoms in total. The Kier molecular flexibility index (Phi) is 6.54. The van der Waals surface area contributed by atoms with Gasteiger partial charge in [0.25, 0.3) is 11.5 Å². The van der Waals surface area contributed by atoms with Crippen molar-refractivity contribution >= 4 is 46.6 Å². The molecule has 34 heavy (non-hydrogen) atoms. The Bertz CT molecular complexity index is 1150. The minimum absolute atomic E-state index is 0.00984. The Morgan fingerprint density at radius 1 is 1.12 bits per heavy atom. The smallest absolute Gasteiger partial charge is 0.374 e. The number of alkyl halides is 5. The molecule has 1 saturated heterocycles. The van der Waals surface area contributed by atoms with Crippen LogP contribution >= 0.6 is 35.0 Å². The molecule has 0 radical (unpaired) electrons. The van der Waals surface area contributed by atoms with Gasteiger partial charge in [-0.2, -0.15) is 33.7 Å². The molecule has 2 aromatic rings. The molecular formula is C22H17Cl2F5N2O2S. The van der Waals surface area contributed by atoms with Crippen molar-refractivity contribution in [2.45, 2.75) is 37.1 Å². The van der Waals surface area contributed by atoms with Crippen LogP contribution in [0.3, 0.4) is 0 Å².